The van der Waals surface area contributed by atoms with Crippen LogP contribution in [-0.4, -0.2) is 28.4 Å². The summed E-state index contributed by atoms with van der Waals surface area (Å²) >= 11 is 0. The van der Waals surface area contributed by atoms with Crippen molar-refractivity contribution in [3.63, 3.8) is 0 Å². The van der Waals surface area contributed by atoms with Crippen molar-refractivity contribution in [2.75, 3.05) is 28.4 Å². The van der Waals surface area contributed by atoms with Gasteiger partial charge in [0.25, 0.3) is 0 Å². The van der Waals surface area contributed by atoms with Gasteiger partial charge in [0.05, 0.1) is 28.4 Å². The van der Waals surface area contributed by atoms with Crippen molar-refractivity contribution in [3.05, 3.63) is 165 Å². The Labute approximate surface area is 363 Å². The molecule has 60 heavy (non-hydrogen) atoms. The summed E-state index contributed by atoms with van der Waals surface area (Å²) in [6.45, 7) is 22.5. The molecule has 0 bridgehead atoms. The molecule has 0 heterocycles. The van der Waals surface area contributed by atoms with Crippen LogP contribution in [0.15, 0.2) is 109 Å². The lowest BCUT2D eigenvalue weighted by atomic mass is 9.83. The second-order valence-electron chi connectivity index (χ2n) is 16.7. The van der Waals surface area contributed by atoms with Gasteiger partial charge in [-0.05, 0) is 208 Å². The van der Waals surface area contributed by atoms with Gasteiger partial charge < -0.3 is 18.9 Å². The van der Waals surface area contributed by atoms with Gasteiger partial charge in [0.15, 0.2) is 0 Å². The van der Waals surface area contributed by atoms with Crippen LogP contribution in [0.4, 0.5) is 0 Å². The Morgan fingerprint density at radius 2 is 0.567 bits per heavy atom. The van der Waals surface area contributed by atoms with Gasteiger partial charge in [-0.25, -0.2) is 0 Å². The lowest BCUT2D eigenvalue weighted by Gasteiger charge is -2.45. The van der Waals surface area contributed by atoms with Crippen LogP contribution in [0.25, 0.3) is 0 Å². The lowest BCUT2D eigenvalue weighted by molar-refractivity contribution is 0.362. The zero-order chi connectivity index (χ0) is 43.4. The third kappa shape index (κ3) is 9.03. The highest BCUT2D eigenvalue weighted by molar-refractivity contribution is 7.74. The zero-order valence-electron chi connectivity index (χ0n) is 38.2. The minimum atomic E-state index is -1.03. The minimum Gasteiger partial charge on any atom is -0.496 e. The Morgan fingerprint density at radius 1 is 0.350 bits per heavy atom. The molecular formula is C54H64O4P2. The molecule has 314 valence electrons. The predicted molar refractivity (Wildman–Crippen MR) is 259 cm³/mol. The first-order valence-corrected chi connectivity index (χ1v) is 23.9. The maximum atomic E-state index is 5.99. The monoisotopic (exact) mass is 838 g/mol. The van der Waals surface area contributed by atoms with Crippen molar-refractivity contribution < 1.29 is 18.9 Å². The van der Waals surface area contributed by atoms with Gasteiger partial charge in [-0.3, -0.25) is 0 Å². The molecule has 0 aromatic heterocycles. The average Bonchev–Trinajstić information content (AvgIpc) is 3.20. The van der Waals surface area contributed by atoms with Gasteiger partial charge in [-0.15, -0.1) is 0 Å². The molecule has 6 rings (SSSR count). The molecule has 0 spiro atoms. The summed E-state index contributed by atoms with van der Waals surface area (Å²) in [5.41, 5.74) is 12.2. The number of benzene rings is 6. The van der Waals surface area contributed by atoms with Crippen molar-refractivity contribution in [2.24, 2.45) is 11.8 Å². The van der Waals surface area contributed by atoms with Crippen LogP contribution in [0.3, 0.4) is 0 Å². The lowest BCUT2D eigenvalue weighted by Crippen LogP contribution is -2.33. The normalized spacial score (nSPS) is 13.1. The molecule has 0 saturated carbocycles. The highest BCUT2D eigenvalue weighted by Crippen LogP contribution is 2.66. The highest BCUT2D eigenvalue weighted by atomic mass is 31.1. The standard InChI is InChI=1S/C54H64O4P2/c1-33(2)48(53(42-21-17-15-18-22-42)59(44-25-34(3)49(55-11)35(4)26-44)45-27-36(5)50(56-12)37(6)28-45)54(43-23-19-16-20-24-43)60(46-29-38(7)51(57-13)39(8)30-46)47-31-40(9)52(58-14)41(10)32-47/h15-33,48,53-54H,1-14H3. The number of rotatable bonds is 15. The largest absolute Gasteiger partial charge is 0.496 e. The molecule has 2 atom stereocenters. The van der Waals surface area contributed by atoms with E-state index in [2.05, 4.69) is 178 Å². The van der Waals surface area contributed by atoms with E-state index in [9.17, 15) is 0 Å². The predicted octanol–water partition coefficient (Wildman–Crippen LogP) is 12.5. The summed E-state index contributed by atoms with van der Waals surface area (Å²) in [4.78, 5) is 0. The fraction of sp³-hybridized carbons (Fsp3) is 0.333. The molecule has 0 aliphatic rings. The van der Waals surface area contributed by atoms with Crippen LogP contribution < -0.4 is 40.2 Å². The number of ether oxygens (including phenoxy) is 4. The molecule has 0 radical (unpaired) electrons. The van der Waals surface area contributed by atoms with E-state index in [1.165, 1.54) is 32.3 Å². The summed E-state index contributed by atoms with van der Waals surface area (Å²) in [7, 11) is 5.08. The Kier molecular flexibility index (Phi) is 14.5. The summed E-state index contributed by atoms with van der Waals surface area (Å²) in [6.07, 6.45) is 0. The topological polar surface area (TPSA) is 36.9 Å². The SMILES string of the molecule is COc1c(C)cc(P(c2cc(C)c(OC)c(C)c2)C(c2ccccc2)C(C(C)C)C(c2ccccc2)P(c2cc(C)c(OC)c(C)c2)c2cc(C)c(OC)c(C)c2)cc1C. The molecule has 0 fully saturated rings. The van der Waals surface area contributed by atoms with E-state index < -0.39 is 15.8 Å². The second kappa shape index (κ2) is 19.4. The van der Waals surface area contributed by atoms with Crippen LogP contribution in [0, 0.1) is 67.2 Å². The van der Waals surface area contributed by atoms with Crippen molar-refractivity contribution in [1.82, 2.24) is 0 Å². The van der Waals surface area contributed by atoms with Crippen molar-refractivity contribution in [2.45, 2.75) is 80.6 Å². The molecule has 6 aromatic carbocycles. The minimum absolute atomic E-state index is 0.122. The number of hydrogen-bond acceptors (Lipinski definition) is 4. The Hall–Kier alpha value is -4.62. The van der Waals surface area contributed by atoms with E-state index in [0.717, 1.165) is 67.5 Å². The fourth-order valence-electron chi connectivity index (χ4n) is 9.78. The Bertz CT molecular complexity index is 2050. The molecule has 6 aromatic rings. The molecule has 0 aliphatic heterocycles. The summed E-state index contributed by atoms with van der Waals surface area (Å²) in [5.74, 6) is 4.28. The first-order valence-electron chi connectivity index (χ1n) is 21.0. The van der Waals surface area contributed by atoms with Gasteiger partial charge in [0.2, 0.25) is 0 Å². The molecular weight excluding hydrogens is 775 g/mol. The van der Waals surface area contributed by atoms with Crippen LogP contribution in [0.2, 0.25) is 0 Å². The number of methoxy groups -OCH3 is 4. The van der Waals surface area contributed by atoms with Gasteiger partial charge in [-0.1, -0.05) is 74.5 Å². The molecule has 0 saturated heterocycles. The maximum absolute atomic E-state index is 5.99. The third-order valence-electron chi connectivity index (χ3n) is 12.0. The van der Waals surface area contributed by atoms with Gasteiger partial charge in [0.1, 0.15) is 23.0 Å². The van der Waals surface area contributed by atoms with E-state index in [-0.39, 0.29) is 23.2 Å². The Balaban J connectivity index is 1.78. The molecule has 2 unspecified atom stereocenters. The van der Waals surface area contributed by atoms with E-state index in [4.69, 9.17) is 18.9 Å². The number of aryl methyl sites for hydroxylation is 8. The molecule has 4 nitrogen and oxygen atoms in total. The fourth-order valence-corrected chi connectivity index (χ4v) is 17.1. The van der Waals surface area contributed by atoms with Crippen molar-refractivity contribution in [3.8, 4) is 23.0 Å². The maximum Gasteiger partial charge on any atom is 0.124 e. The first-order chi connectivity index (χ1) is 28.7. The molecule has 0 amide bonds. The summed E-state index contributed by atoms with van der Waals surface area (Å²) < 4.78 is 24.0. The third-order valence-corrected chi connectivity index (χ3v) is 17.7. The Morgan fingerprint density at radius 3 is 0.750 bits per heavy atom. The van der Waals surface area contributed by atoms with E-state index in [1.54, 1.807) is 28.4 Å². The van der Waals surface area contributed by atoms with Crippen LogP contribution in [-0.2, 0) is 0 Å². The summed E-state index contributed by atoms with van der Waals surface area (Å²) in [5, 5.41) is 5.42. The van der Waals surface area contributed by atoms with Crippen LogP contribution in [0.5, 0.6) is 23.0 Å². The second-order valence-corrected chi connectivity index (χ2v) is 21.4. The van der Waals surface area contributed by atoms with E-state index >= 15 is 0 Å². The van der Waals surface area contributed by atoms with Crippen molar-refractivity contribution >= 4 is 37.1 Å². The van der Waals surface area contributed by atoms with Crippen LogP contribution in [0.1, 0.15) is 80.8 Å². The smallest absolute Gasteiger partial charge is 0.124 e. The molecule has 0 N–H and O–H groups in total. The quantitative estimate of drug-likeness (QED) is 0.0966. The highest BCUT2D eigenvalue weighted by Gasteiger charge is 2.44. The van der Waals surface area contributed by atoms with Crippen LogP contribution >= 0.6 is 15.8 Å². The molecule has 6 heteroatoms. The first kappa shape index (κ1) is 44.9. The van der Waals surface area contributed by atoms with Gasteiger partial charge in [0, 0.05) is 11.3 Å². The average molecular weight is 839 g/mol. The van der Waals surface area contributed by atoms with E-state index in [0.29, 0.717) is 0 Å². The van der Waals surface area contributed by atoms with Crippen molar-refractivity contribution in [1.29, 1.82) is 0 Å². The molecule has 0 aliphatic carbocycles. The van der Waals surface area contributed by atoms with Gasteiger partial charge >= 0.3 is 0 Å². The zero-order valence-corrected chi connectivity index (χ0v) is 40.0. The van der Waals surface area contributed by atoms with E-state index in [1.807, 2.05) is 0 Å². The summed E-state index contributed by atoms with van der Waals surface area (Å²) in [6, 6.07) is 42.0. The number of hydrogen-bond donors (Lipinski definition) is 0. The van der Waals surface area contributed by atoms with Gasteiger partial charge in [-0.2, -0.15) is 0 Å².